The van der Waals surface area contributed by atoms with E-state index in [0.717, 1.165) is 0 Å². The highest BCUT2D eigenvalue weighted by Gasteiger charge is 2.32. The Morgan fingerprint density at radius 2 is 1.94 bits per heavy atom. The van der Waals surface area contributed by atoms with E-state index in [2.05, 4.69) is 35.6 Å². The highest BCUT2D eigenvalue weighted by atomic mass is 35.5. The first kappa shape index (κ1) is 32.4. The van der Waals surface area contributed by atoms with Crippen LogP contribution in [0, 0.1) is 5.92 Å². The largest absolute Gasteiger partial charge is 0.432 e. The standard InChI is InChI=1S/C30H28ClF3N12O2/c1-16-3-2-4-24(21-9-17(7-8-37-21)27-22(41-28(16)48)12-46(43-27)29-38-14-40-42-29)44-15-39-20(11-26(44)47)19-10-18(31)5-6-23(19)45(36)13-25(35)30(32,33)34/h5-16,24H,2-4,35-36H2,1H3,(H,41,48)(H,38,40,42)/b25-13-. The van der Waals surface area contributed by atoms with E-state index in [4.69, 9.17) is 23.2 Å². The van der Waals surface area contributed by atoms with E-state index in [0.29, 0.717) is 59.1 Å². The molecule has 4 aromatic heterocycles. The topological polar surface area (TPSA) is 192 Å². The Balaban J connectivity index is 1.41. The van der Waals surface area contributed by atoms with Gasteiger partial charge in [-0.2, -0.15) is 28.4 Å². The summed E-state index contributed by atoms with van der Waals surface area (Å²) in [4.78, 5) is 40.1. The number of allylic oxidation sites excluding steroid dienone is 1. The number of H-pyrrole nitrogens is 1. The average Bonchev–Trinajstić information content (AvgIpc) is 3.73. The van der Waals surface area contributed by atoms with Gasteiger partial charge in [-0.1, -0.05) is 24.9 Å². The fourth-order valence-electron chi connectivity index (χ4n) is 5.33. The normalized spacial score (nSPS) is 17.2. The van der Waals surface area contributed by atoms with Crippen LogP contribution in [0.2, 0.25) is 5.02 Å². The van der Waals surface area contributed by atoms with E-state index in [-0.39, 0.29) is 33.8 Å². The number of nitrogens with two attached hydrogens (primary N) is 2. The second-order valence-corrected chi connectivity index (χ2v) is 11.6. The molecule has 0 aliphatic carbocycles. The zero-order valence-corrected chi connectivity index (χ0v) is 25.9. The summed E-state index contributed by atoms with van der Waals surface area (Å²) < 4.78 is 42.2. The number of hydrogen-bond acceptors (Lipinski definition) is 10. The van der Waals surface area contributed by atoms with Crippen molar-refractivity contribution in [2.24, 2.45) is 17.5 Å². The van der Waals surface area contributed by atoms with Crippen molar-refractivity contribution in [1.82, 2.24) is 39.5 Å². The van der Waals surface area contributed by atoms with Gasteiger partial charge >= 0.3 is 6.18 Å². The predicted molar refractivity (Wildman–Crippen MR) is 170 cm³/mol. The lowest BCUT2D eigenvalue weighted by molar-refractivity contribution is -0.119. The zero-order chi connectivity index (χ0) is 34.2. The van der Waals surface area contributed by atoms with Gasteiger partial charge in [0.15, 0.2) is 0 Å². The molecule has 14 nitrogen and oxygen atoms in total. The first-order chi connectivity index (χ1) is 22.9. The Morgan fingerprint density at radius 1 is 1.12 bits per heavy atom. The molecule has 0 radical (unpaired) electrons. The first-order valence-corrected chi connectivity index (χ1v) is 15.0. The van der Waals surface area contributed by atoms with Crippen LogP contribution < -0.4 is 27.5 Å². The van der Waals surface area contributed by atoms with Crippen LogP contribution in [0.3, 0.4) is 0 Å². The number of nitrogens with zero attached hydrogens (tertiary/aromatic N) is 8. The van der Waals surface area contributed by atoms with E-state index in [1.807, 2.05) is 6.92 Å². The third-order valence-corrected chi connectivity index (χ3v) is 8.07. The molecule has 6 rings (SSSR count). The number of alkyl halides is 3. The number of rotatable bonds is 5. The highest BCUT2D eigenvalue weighted by Crippen LogP contribution is 2.34. The average molecular weight is 681 g/mol. The van der Waals surface area contributed by atoms with Crippen molar-refractivity contribution in [3.63, 3.8) is 0 Å². The van der Waals surface area contributed by atoms with Crippen LogP contribution in [0.5, 0.6) is 0 Å². The molecule has 0 fully saturated rings. The third kappa shape index (κ3) is 6.63. The number of anilines is 2. The monoisotopic (exact) mass is 680 g/mol. The van der Waals surface area contributed by atoms with E-state index >= 15 is 0 Å². The number of hydrazine groups is 1. The van der Waals surface area contributed by atoms with Crippen LogP contribution >= 0.6 is 11.6 Å². The fourth-order valence-corrected chi connectivity index (χ4v) is 5.50. The molecule has 5 aromatic rings. The minimum atomic E-state index is -4.80. The number of benzene rings is 1. The van der Waals surface area contributed by atoms with Crippen LogP contribution in [0.4, 0.5) is 24.5 Å². The van der Waals surface area contributed by atoms with Gasteiger partial charge in [-0.25, -0.2) is 20.6 Å². The van der Waals surface area contributed by atoms with E-state index in [1.54, 1.807) is 24.5 Å². The molecule has 48 heavy (non-hydrogen) atoms. The van der Waals surface area contributed by atoms with Crippen molar-refractivity contribution in [3.8, 4) is 28.5 Å². The number of fused-ring (bicyclic) bond motifs is 4. The third-order valence-electron chi connectivity index (χ3n) is 7.84. The summed E-state index contributed by atoms with van der Waals surface area (Å²) >= 11 is 6.21. The molecule has 1 amide bonds. The van der Waals surface area contributed by atoms with Crippen molar-refractivity contribution >= 4 is 28.9 Å². The van der Waals surface area contributed by atoms with Gasteiger partial charge in [0.1, 0.15) is 17.7 Å². The highest BCUT2D eigenvalue weighted by molar-refractivity contribution is 6.31. The summed E-state index contributed by atoms with van der Waals surface area (Å²) in [6, 6.07) is 8.44. The summed E-state index contributed by atoms with van der Waals surface area (Å²) in [5.74, 6) is 5.73. The molecule has 2 bridgehead atoms. The number of hydrogen-bond donors (Lipinski definition) is 4. The maximum absolute atomic E-state index is 13.7. The lowest BCUT2D eigenvalue weighted by Crippen LogP contribution is -2.30. The molecule has 248 valence electrons. The van der Waals surface area contributed by atoms with Crippen molar-refractivity contribution in [2.45, 2.75) is 38.4 Å². The molecule has 5 heterocycles. The number of amides is 1. The summed E-state index contributed by atoms with van der Waals surface area (Å²) in [5.41, 5.74) is 5.76. The van der Waals surface area contributed by atoms with Crippen LogP contribution in [0.25, 0.3) is 28.5 Å². The van der Waals surface area contributed by atoms with E-state index in [9.17, 15) is 22.8 Å². The van der Waals surface area contributed by atoms with Crippen molar-refractivity contribution in [1.29, 1.82) is 0 Å². The minimum absolute atomic E-state index is 0.0736. The molecule has 1 aromatic carbocycles. The number of aromatic amines is 1. The Morgan fingerprint density at radius 3 is 2.67 bits per heavy atom. The molecule has 18 heteroatoms. The van der Waals surface area contributed by atoms with Gasteiger partial charge in [0.05, 0.1) is 41.3 Å². The molecule has 1 aliphatic heterocycles. The van der Waals surface area contributed by atoms with E-state index < -0.39 is 23.5 Å². The molecule has 2 unspecified atom stereocenters. The van der Waals surface area contributed by atoms with Gasteiger partial charge in [0.25, 0.3) is 5.56 Å². The van der Waals surface area contributed by atoms with Crippen LogP contribution in [0.1, 0.15) is 37.9 Å². The smallest absolute Gasteiger partial charge is 0.393 e. The van der Waals surface area contributed by atoms with Gasteiger partial charge < -0.3 is 11.1 Å². The lowest BCUT2D eigenvalue weighted by atomic mass is 9.97. The summed E-state index contributed by atoms with van der Waals surface area (Å²) in [6.45, 7) is 1.82. The van der Waals surface area contributed by atoms with Crippen LogP contribution in [-0.4, -0.2) is 51.6 Å². The second-order valence-electron chi connectivity index (χ2n) is 11.1. The summed E-state index contributed by atoms with van der Waals surface area (Å²) in [6.07, 6.45) is 3.15. The number of carbonyl (C=O) groups is 1. The van der Waals surface area contributed by atoms with Crippen molar-refractivity contribution in [2.75, 3.05) is 10.3 Å². The summed E-state index contributed by atoms with van der Waals surface area (Å²) in [7, 11) is 0. The van der Waals surface area contributed by atoms with Gasteiger partial charge in [0, 0.05) is 40.5 Å². The van der Waals surface area contributed by atoms with E-state index in [1.165, 1.54) is 46.2 Å². The van der Waals surface area contributed by atoms with Crippen molar-refractivity contribution in [3.05, 3.63) is 94.4 Å². The number of aromatic nitrogens is 8. The van der Waals surface area contributed by atoms with Gasteiger partial charge in [0.2, 0.25) is 11.9 Å². The molecule has 6 N–H and O–H groups in total. The number of pyridine rings is 1. The SMILES string of the molecule is CC1CCCC(n2cnc(-c3cc(Cl)ccc3N(N)/C=C(\N)C(F)(F)F)cc2=O)c2cc(ccn2)-c2nn(-c3ncn[nH]3)cc2NC1=O. The molecule has 2 atom stereocenters. The Kier molecular flexibility index (Phi) is 8.72. The Labute approximate surface area is 275 Å². The molecule has 0 saturated heterocycles. The Bertz CT molecular complexity index is 2060. The quantitative estimate of drug-likeness (QED) is 0.154. The maximum atomic E-state index is 13.7. The molecule has 0 spiro atoms. The summed E-state index contributed by atoms with van der Waals surface area (Å²) in [5, 5.41) is 15.1. The first-order valence-electron chi connectivity index (χ1n) is 14.6. The number of carbonyl (C=O) groups excluding carboxylic acids is 1. The lowest BCUT2D eigenvalue weighted by Gasteiger charge is -2.22. The van der Waals surface area contributed by atoms with Crippen molar-refractivity contribution < 1.29 is 18.0 Å². The van der Waals surface area contributed by atoms with Gasteiger partial charge in [-0.05, 0) is 43.2 Å². The Hall–Kier alpha value is -5.55. The minimum Gasteiger partial charge on any atom is -0.393 e. The zero-order valence-electron chi connectivity index (χ0n) is 25.2. The second kappa shape index (κ2) is 12.9. The van der Waals surface area contributed by atoms with Crippen LogP contribution in [0.15, 0.2) is 78.1 Å². The van der Waals surface area contributed by atoms with Crippen LogP contribution in [-0.2, 0) is 4.79 Å². The molecule has 0 saturated carbocycles. The number of halogens is 4. The fraction of sp³-hybridized carbons (Fsp3) is 0.233. The maximum Gasteiger partial charge on any atom is 0.432 e. The molecular weight excluding hydrogens is 653 g/mol. The molecule has 1 aliphatic rings. The number of nitrogens with one attached hydrogen (secondary N) is 2. The molecular formula is C30H28ClF3N12O2. The van der Waals surface area contributed by atoms with Gasteiger partial charge in [-0.3, -0.25) is 24.1 Å². The predicted octanol–water partition coefficient (Wildman–Crippen LogP) is 4.32. The van der Waals surface area contributed by atoms with Gasteiger partial charge in [-0.15, -0.1) is 0 Å².